The van der Waals surface area contributed by atoms with Crippen molar-refractivity contribution in [2.75, 3.05) is 0 Å². The van der Waals surface area contributed by atoms with Crippen molar-refractivity contribution in [1.29, 1.82) is 0 Å². The van der Waals surface area contributed by atoms with Gasteiger partial charge in [0.2, 0.25) is 0 Å². The first-order chi connectivity index (χ1) is 10.1. The van der Waals surface area contributed by atoms with E-state index in [9.17, 15) is 14.7 Å². The second-order valence-corrected chi connectivity index (χ2v) is 6.09. The molecule has 21 heavy (non-hydrogen) atoms. The Morgan fingerprint density at radius 1 is 1.19 bits per heavy atom. The molecular weight excluding hydrogens is 290 g/mol. The summed E-state index contributed by atoms with van der Waals surface area (Å²) >= 11 is 5.78. The Bertz CT molecular complexity index is 495. The number of benzene rings is 1. The Hall–Kier alpha value is -1.39. The molecule has 0 spiro atoms. The molecule has 1 fully saturated rings. The van der Waals surface area contributed by atoms with Crippen molar-refractivity contribution in [3.05, 3.63) is 34.9 Å². The lowest BCUT2D eigenvalue weighted by molar-refractivity contribution is -0.716. The van der Waals surface area contributed by atoms with Crippen LogP contribution in [0.4, 0.5) is 0 Å². The molecule has 2 N–H and O–H groups in total. The highest BCUT2D eigenvalue weighted by Gasteiger charge is 2.25. The highest BCUT2D eigenvalue weighted by Crippen LogP contribution is 2.15. The van der Waals surface area contributed by atoms with Crippen LogP contribution in [0.25, 0.3) is 0 Å². The molecule has 0 heterocycles. The molecule has 4 nitrogen and oxygen atoms in total. The minimum Gasteiger partial charge on any atom is -0.544 e. The molecular formula is C16H20ClNO3. The average Bonchev–Trinajstić information content (AvgIpc) is 2.48. The number of hydrogen-bond donors (Lipinski definition) is 1. The van der Waals surface area contributed by atoms with Crippen LogP contribution in [0, 0.1) is 0 Å². The first-order valence-corrected chi connectivity index (χ1v) is 7.78. The summed E-state index contributed by atoms with van der Waals surface area (Å²) in [6.07, 6.45) is 5.46. The first kappa shape index (κ1) is 16.0. The maximum atomic E-state index is 12.2. The Morgan fingerprint density at radius 3 is 2.38 bits per heavy atom. The third kappa shape index (κ3) is 4.83. The van der Waals surface area contributed by atoms with Crippen molar-refractivity contribution < 1.29 is 20.0 Å². The van der Waals surface area contributed by atoms with Crippen LogP contribution >= 0.6 is 11.6 Å². The van der Waals surface area contributed by atoms with Gasteiger partial charge in [-0.2, -0.15) is 0 Å². The Labute approximate surface area is 129 Å². The summed E-state index contributed by atoms with van der Waals surface area (Å²) in [4.78, 5) is 23.4. The van der Waals surface area contributed by atoms with Crippen molar-refractivity contribution >= 4 is 23.4 Å². The molecule has 0 amide bonds. The minimum atomic E-state index is -1.16. The predicted molar refractivity (Wildman–Crippen MR) is 78.0 cm³/mol. The summed E-state index contributed by atoms with van der Waals surface area (Å²) in [5.41, 5.74) is 0.489. The van der Waals surface area contributed by atoms with Crippen molar-refractivity contribution in [2.45, 2.75) is 50.6 Å². The van der Waals surface area contributed by atoms with E-state index in [0.29, 0.717) is 16.6 Å². The number of carbonyl (C=O) groups is 2. The van der Waals surface area contributed by atoms with Crippen molar-refractivity contribution in [1.82, 2.24) is 0 Å². The lowest BCUT2D eigenvalue weighted by atomic mass is 9.94. The smallest absolute Gasteiger partial charge is 0.169 e. The third-order valence-electron chi connectivity index (χ3n) is 4.03. The number of aliphatic carboxylic acids is 1. The van der Waals surface area contributed by atoms with E-state index in [2.05, 4.69) is 0 Å². The molecule has 0 aliphatic heterocycles. The molecule has 0 radical (unpaired) electrons. The van der Waals surface area contributed by atoms with Gasteiger partial charge in [-0.1, -0.05) is 18.0 Å². The van der Waals surface area contributed by atoms with Crippen molar-refractivity contribution in [2.24, 2.45) is 0 Å². The van der Waals surface area contributed by atoms with Gasteiger partial charge in [-0.15, -0.1) is 0 Å². The Balaban J connectivity index is 1.96. The van der Waals surface area contributed by atoms with E-state index in [1.165, 1.54) is 6.42 Å². The van der Waals surface area contributed by atoms with Gasteiger partial charge in [0.15, 0.2) is 5.78 Å². The van der Waals surface area contributed by atoms with Crippen molar-refractivity contribution in [3.8, 4) is 0 Å². The predicted octanol–water partition coefficient (Wildman–Crippen LogP) is 0.927. The SMILES string of the molecule is O=C(C[C@H]([NH2+]C1CCCCC1)C(=O)[O-])c1ccc(Cl)cc1. The number of carboxylic acids is 1. The molecule has 1 atom stereocenters. The number of halogens is 1. The van der Waals surface area contributed by atoms with Gasteiger partial charge in [0.1, 0.15) is 6.04 Å². The fourth-order valence-electron chi connectivity index (χ4n) is 2.84. The summed E-state index contributed by atoms with van der Waals surface area (Å²) in [6.45, 7) is 0. The monoisotopic (exact) mass is 309 g/mol. The van der Waals surface area contributed by atoms with Crippen LogP contribution in [0.15, 0.2) is 24.3 Å². The zero-order valence-electron chi connectivity index (χ0n) is 11.9. The van der Waals surface area contributed by atoms with E-state index >= 15 is 0 Å². The van der Waals surface area contributed by atoms with Crippen LogP contribution in [0.5, 0.6) is 0 Å². The topological polar surface area (TPSA) is 73.8 Å². The van der Waals surface area contributed by atoms with Gasteiger partial charge in [0, 0.05) is 10.6 Å². The van der Waals surface area contributed by atoms with Gasteiger partial charge in [-0.3, -0.25) is 4.79 Å². The molecule has 0 aromatic heterocycles. The van der Waals surface area contributed by atoms with Gasteiger partial charge in [-0.25, -0.2) is 0 Å². The van der Waals surface area contributed by atoms with Crippen LogP contribution < -0.4 is 10.4 Å². The van der Waals surface area contributed by atoms with Gasteiger partial charge >= 0.3 is 0 Å². The zero-order valence-corrected chi connectivity index (χ0v) is 12.6. The number of carboxylic acid groups (broad SMARTS) is 1. The van der Waals surface area contributed by atoms with E-state index in [4.69, 9.17) is 11.6 Å². The van der Waals surface area contributed by atoms with E-state index in [1.54, 1.807) is 24.3 Å². The van der Waals surface area contributed by atoms with Crippen LogP contribution in [0.3, 0.4) is 0 Å². The quantitative estimate of drug-likeness (QED) is 0.794. The fraction of sp³-hybridized carbons (Fsp3) is 0.500. The van der Waals surface area contributed by atoms with Crippen LogP contribution in [-0.2, 0) is 4.79 Å². The summed E-state index contributed by atoms with van der Waals surface area (Å²) in [5, 5.41) is 13.6. The number of Topliss-reactive ketones (excluding diaryl/α,β-unsaturated/α-hetero) is 1. The highest BCUT2D eigenvalue weighted by atomic mass is 35.5. The van der Waals surface area contributed by atoms with Gasteiger partial charge in [0.25, 0.3) is 0 Å². The minimum absolute atomic E-state index is 0.0412. The fourth-order valence-corrected chi connectivity index (χ4v) is 2.96. The van der Waals surface area contributed by atoms with Crippen LogP contribution in [-0.4, -0.2) is 23.8 Å². The normalized spacial score (nSPS) is 17.4. The molecule has 5 heteroatoms. The van der Waals surface area contributed by atoms with E-state index in [0.717, 1.165) is 25.7 Å². The second-order valence-electron chi connectivity index (χ2n) is 5.65. The van der Waals surface area contributed by atoms with Gasteiger partial charge < -0.3 is 15.2 Å². The summed E-state index contributed by atoms with van der Waals surface area (Å²) in [6, 6.07) is 5.99. The van der Waals surface area contributed by atoms with Gasteiger partial charge in [0.05, 0.1) is 18.4 Å². The number of rotatable bonds is 6. The summed E-state index contributed by atoms with van der Waals surface area (Å²) < 4.78 is 0. The van der Waals surface area contributed by atoms with Crippen molar-refractivity contribution in [3.63, 3.8) is 0 Å². The summed E-state index contributed by atoms with van der Waals surface area (Å²) in [7, 11) is 0. The van der Waals surface area contributed by atoms with Crippen LogP contribution in [0.2, 0.25) is 5.02 Å². The standard InChI is InChI=1S/C16H20ClNO3/c17-12-8-6-11(7-9-12)15(19)10-14(16(20)21)18-13-4-2-1-3-5-13/h6-9,13-14,18H,1-5,10H2,(H,20,21)/t14-/m0/s1. The number of quaternary nitrogens is 1. The zero-order chi connectivity index (χ0) is 15.2. The van der Waals surface area contributed by atoms with Gasteiger partial charge in [-0.05, 0) is 49.9 Å². The number of carbonyl (C=O) groups excluding carboxylic acids is 2. The molecule has 1 aromatic carbocycles. The maximum absolute atomic E-state index is 12.2. The first-order valence-electron chi connectivity index (χ1n) is 7.41. The average molecular weight is 310 g/mol. The molecule has 1 saturated carbocycles. The third-order valence-corrected chi connectivity index (χ3v) is 4.28. The molecule has 1 aliphatic carbocycles. The number of hydrogen-bond acceptors (Lipinski definition) is 3. The molecule has 114 valence electrons. The second kappa shape index (κ2) is 7.57. The molecule has 1 aromatic rings. The molecule has 0 bridgehead atoms. The maximum Gasteiger partial charge on any atom is 0.169 e. The Morgan fingerprint density at radius 2 is 1.81 bits per heavy atom. The number of nitrogens with two attached hydrogens (primary N) is 1. The van der Waals surface area contributed by atoms with E-state index < -0.39 is 12.0 Å². The van der Waals surface area contributed by atoms with Crippen LogP contribution in [0.1, 0.15) is 48.9 Å². The molecule has 1 aliphatic rings. The molecule has 0 saturated heterocycles. The highest BCUT2D eigenvalue weighted by molar-refractivity contribution is 6.30. The molecule has 2 rings (SSSR count). The summed E-state index contributed by atoms with van der Waals surface area (Å²) in [5.74, 6) is -1.35. The van der Waals surface area contributed by atoms with E-state index in [1.807, 2.05) is 5.32 Å². The molecule has 0 unspecified atom stereocenters. The lowest BCUT2D eigenvalue weighted by Gasteiger charge is -2.25. The lowest BCUT2D eigenvalue weighted by Crippen LogP contribution is -2.97. The number of ketones is 1. The van der Waals surface area contributed by atoms with E-state index in [-0.39, 0.29) is 12.2 Å². The Kier molecular flexibility index (Phi) is 5.76. The largest absolute Gasteiger partial charge is 0.544 e.